The SMILES string of the molecule is O=C(O)[C@@H]1CN(C(=O)c2ccc(OC3CCOCC3)cc2)C[C@@H]1c1ccccc1. The maximum absolute atomic E-state index is 13.0. The zero-order valence-corrected chi connectivity index (χ0v) is 16.2. The van der Waals surface area contributed by atoms with Gasteiger partial charge in [-0.15, -0.1) is 0 Å². The van der Waals surface area contributed by atoms with E-state index in [-0.39, 0.29) is 24.5 Å². The summed E-state index contributed by atoms with van der Waals surface area (Å²) in [5, 5.41) is 9.64. The molecular formula is C23H25NO5. The number of nitrogens with zero attached hydrogens (tertiary/aromatic N) is 1. The van der Waals surface area contributed by atoms with Crippen LogP contribution < -0.4 is 4.74 Å². The maximum atomic E-state index is 13.0. The van der Waals surface area contributed by atoms with Crippen molar-refractivity contribution in [2.75, 3.05) is 26.3 Å². The van der Waals surface area contributed by atoms with E-state index in [0.29, 0.717) is 25.3 Å². The van der Waals surface area contributed by atoms with Gasteiger partial charge in [0.25, 0.3) is 5.91 Å². The second kappa shape index (κ2) is 8.66. The highest BCUT2D eigenvalue weighted by Crippen LogP contribution is 2.33. The molecule has 2 aromatic carbocycles. The van der Waals surface area contributed by atoms with Gasteiger partial charge >= 0.3 is 5.97 Å². The number of rotatable bonds is 5. The molecule has 0 bridgehead atoms. The van der Waals surface area contributed by atoms with E-state index in [1.807, 2.05) is 42.5 Å². The van der Waals surface area contributed by atoms with Gasteiger partial charge in [0, 0.05) is 37.4 Å². The van der Waals surface area contributed by atoms with Crippen LogP contribution in [0.5, 0.6) is 5.75 Å². The zero-order chi connectivity index (χ0) is 20.2. The molecule has 29 heavy (non-hydrogen) atoms. The molecule has 152 valence electrons. The van der Waals surface area contributed by atoms with Crippen molar-refractivity contribution < 1.29 is 24.2 Å². The van der Waals surface area contributed by atoms with Crippen molar-refractivity contribution in [3.8, 4) is 5.75 Å². The Balaban J connectivity index is 1.44. The Bertz CT molecular complexity index is 845. The number of hydrogen-bond acceptors (Lipinski definition) is 4. The van der Waals surface area contributed by atoms with Crippen molar-refractivity contribution in [2.24, 2.45) is 5.92 Å². The average Bonchev–Trinajstić information content (AvgIpc) is 3.21. The van der Waals surface area contributed by atoms with Crippen molar-refractivity contribution in [2.45, 2.75) is 24.9 Å². The normalized spacial score (nSPS) is 22.4. The van der Waals surface area contributed by atoms with Crippen LogP contribution in [0.4, 0.5) is 0 Å². The molecular weight excluding hydrogens is 370 g/mol. The molecule has 2 fully saturated rings. The Morgan fingerprint density at radius 3 is 2.31 bits per heavy atom. The first-order valence-corrected chi connectivity index (χ1v) is 10.0. The van der Waals surface area contributed by atoms with E-state index in [1.165, 1.54) is 0 Å². The molecule has 0 aliphatic carbocycles. The van der Waals surface area contributed by atoms with Gasteiger partial charge < -0.3 is 19.5 Å². The van der Waals surface area contributed by atoms with Crippen molar-refractivity contribution in [3.63, 3.8) is 0 Å². The molecule has 6 nitrogen and oxygen atoms in total. The molecule has 0 radical (unpaired) electrons. The van der Waals surface area contributed by atoms with E-state index in [4.69, 9.17) is 9.47 Å². The van der Waals surface area contributed by atoms with Crippen LogP contribution in [0.1, 0.15) is 34.7 Å². The van der Waals surface area contributed by atoms with E-state index in [1.54, 1.807) is 17.0 Å². The number of benzene rings is 2. The third kappa shape index (κ3) is 4.43. The van der Waals surface area contributed by atoms with Gasteiger partial charge in [-0.1, -0.05) is 30.3 Å². The molecule has 2 aliphatic heterocycles. The third-order valence-electron chi connectivity index (χ3n) is 5.72. The second-order valence-corrected chi connectivity index (χ2v) is 7.63. The Morgan fingerprint density at radius 2 is 1.66 bits per heavy atom. The lowest BCUT2D eigenvalue weighted by atomic mass is 9.89. The number of likely N-dealkylation sites (tertiary alicyclic amines) is 1. The number of amides is 1. The van der Waals surface area contributed by atoms with Crippen LogP contribution in [0.3, 0.4) is 0 Å². The Hall–Kier alpha value is -2.86. The Morgan fingerprint density at radius 1 is 0.966 bits per heavy atom. The first kappa shape index (κ1) is 19.5. The van der Waals surface area contributed by atoms with Crippen molar-refractivity contribution in [1.29, 1.82) is 0 Å². The fourth-order valence-corrected chi connectivity index (χ4v) is 4.10. The average molecular weight is 395 g/mol. The smallest absolute Gasteiger partial charge is 0.308 e. The largest absolute Gasteiger partial charge is 0.490 e. The minimum Gasteiger partial charge on any atom is -0.490 e. The topological polar surface area (TPSA) is 76.1 Å². The number of aliphatic carboxylic acids is 1. The third-order valence-corrected chi connectivity index (χ3v) is 5.72. The molecule has 4 rings (SSSR count). The molecule has 2 heterocycles. The first-order chi connectivity index (χ1) is 14.1. The van der Waals surface area contributed by atoms with Gasteiger partial charge in [0.1, 0.15) is 11.9 Å². The standard InChI is InChI=1S/C23H25NO5/c25-22(17-6-8-18(9-7-17)29-19-10-12-28-13-11-19)24-14-20(21(15-24)23(26)27)16-4-2-1-3-5-16/h1-9,19-21H,10-15H2,(H,26,27)/t20-,21-/m1/s1. The van der Waals surface area contributed by atoms with E-state index < -0.39 is 11.9 Å². The van der Waals surface area contributed by atoms with Gasteiger partial charge in [-0.3, -0.25) is 9.59 Å². The van der Waals surface area contributed by atoms with Crippen molar-refractivity contribution in [3.05, 3.63) is 65.7 Å². The van der Waals surface area contributed by atoms with E-state index in [9.17, 15) is 14.7 Å². The first-order valence-electron chi connectivity index (χ1n) is 10.0. The van der Waals surface area contributed by atoms with Gasteiger partial charge in [0.15, 0.2) is 0 Å². The highest BCUT2D eigenvalue weighted by Gasteiger charge is 2.40. The lowest BCUT2D eigenvalue weighted by Gasteiger charge is -2.23. The fourth-order valence-electron chi connectivity index (χ4n) is 4.10. The van der Waals surface area contributed by atoms with Crippen LogP contribution in [-0.2, 0) is 9.53 Å². The molecule has 2 saturated heterocycles. The minimum absolute atomic E-state index is 0.145. The van der Waals surface area contributed by atoms with Gasteiger partial charge in [0.2, 0.25) is 0 Å². The van der Waals surface area contributed by atoms with Crippen LogP contribution >= 0.6 is 0 Å². The molecule has 0 aromatic heterocycles. The molecule has 0 spiro atoms. The molecule has 6 heteroatoms. The second-order valence-electron chi connectivity index (χ2n) is 7.63. The number of carbonyl (C=O) groups is 2. The van der Waals surface area contributed by atoms with Crippen molar-refractivity contribution in [1.82, 2.24) is 4.90 Å². The number of ether oxygens (including phenoxy) is 2. The molecule has 0 saturated carbocycles. The van der Waals surface area contributed by atoms with Crippen LogP contribution in [0.25, 0.3) is 0 Å². The predicted octanol–water partition coefficient (Wildman–Crippen LogP) is 3.18. The Kier molecular flexibility index (Phi) is 5.81. The van der Waals surface area contributed by atoms with E-state index in [0.717, 1.165) is 24.2 Å². The monoisotopic (exact) mass is 395 g/mol. The van der Waals surface area contributed by atoms with Crippen LogP contribution in [0, 0.1) is 5.92 Å². The summed E-state index contributed by atoms with van der Waals surface area (Å²) in [5.41, 5.74) is 1.50. The van der Waals surface area contributed by atoms with E-state index >= 15 is 0 Å². The molecule has 0 unspecified atom stereocenters. The minimum atomic E-state index is -0.866. The summed E-state index contributed by atoms with van der Waals surface area (Å²) in [6.07, 6.45) is 1.88. The van der Waals surface area contributed by atoms with Crippen molar-refractivity contribution >= 4 is 11.9 Å². The summed E-state index contributed by atoms with van der Waals surface area (Å²) in [7, 11) is 0. The molecule has 2 aliphatic rings. The van der Waals surface area contributed by atoms with Crippen LogP contribution in [0.15, 0.2) is 54.6 Å². The summed E-state index contributed by atoms with van der Waals surface area (Å²) in [4.78, 5) is 26.4. The summed E-state index contributed by atoms with van der Waals surface area (Å²) >= 11 is 0. The number of hydrogen-bond donors (Lipinski definition) is 1. The number of carboxylic acid groups (broad SMARTS) is 1. The zero-order valence-electron chi connectivity index (χ0n) is 16.2. The van der Waals surface area contributed by atoms with Crippen LogP contribution in [0.2, 0.25) is 0 Å². The summed E-state index contributed by atoms with van der Waals surface area (Å²) < 4.78 is 11.3. The number of carboxylic acids is 1. The van der Waals surface area contributed by atoms with Gasteiger partial charge in [-0.05, 0) is 29.8 Å². The Labute approximate surface area is 170 Å². The predicted molar refractivity (Wildman–Crippen MR) is 107 cm³/mol. The number of carbonyl (C=O) groups excluding carboxylic acids is 1. The quantitative estimate of drug-likeness (QED) is 0.842. The lowest BCUT2D eigenvalue weighted by Crippen LogP contribution is -2.30. The lowest BCUT2D eigenvalue weighted by molar-refractivity contribution is -0.141. The summed E-state index contributed by atoms with van der Waals surface area (Å²) in [6.45, 7) is 2.04. The van der Waals surface area contributed by atoms with Gasteiger partial charge in [-0.25, -0.2) is 0 Å². The highest BCUT2D eigenvalue weighted by atomic mass is 16.5. The molecule has 1 N–H and O–H groups in total. The molecule has 2 aromatic rings. The molecule has 1 amide bonds. The maximum Gasteiger partial charge on any atom is 0.308 e. The molecule has 2 atom stereocenters. The summed E-state index contributed by atoms with van der Waals surface area (Å²) in [6, 6.07) is 16.7. The van der Waals surface area contributed by atoms with Crippen LogP contribution in [-0.4, -0.2) is 54.3 Å². The summed E-state index contributed by atoms with van der Waals surface area (Å²) in [5.74, 6) is -1.08. The fraction of sp³-hybridized carbons (Fsp3) is 0.391. The van der Waals surface area contributed by atoms with Gasteiger partial charge in [0.05, 0.1) is 19.1 Å². The highest BCUT2D eigenvalue weighted by molar-refractivity contribution is 5.95. The van der Waals surface area contributed by atoms with Gasteiger partial charge in [-0.2, -0.15) is 0 Å². The van der Waals surface area contributed by atoms with E-state index in [2.05, 4.69) is 0 Å².